The van der Waals surface area contributed by atoms with Gasteiger partial charge < -0.3 is 5.32 Å². The van der Waals surface area contributed by atoms with Crippen LogP contribution in [0.1, 0.15) is 10.6 Å². The minimum atomic E-state index is -0.237. The first-order chi connectivity index (χ1) is 13.3. The summed E-state index contributed by atoms with van der Waals surface area (Å²) in [6, 6.07) is 26.4. The van der Waals surface area contributed by atoms with Gasteiger partial charge in [0.15, 0.2) is 0 Å². The molecule has 4 aromatic rings. The van der Waals surface area contributed by atoms with Crippen molar-refractivity contribution in [3.8, 4) is 5.69 Å². The van der Waals surface area contributed by atoms with Crippen molar-refractivity contribution in [3.05, 3.63) is 101 Å². The maximum Gasteiger partial charge on any atom is 0.297 e. The van der Waals surface area contributed by atoms with E-state index in [9.17, 15) is 4.39 Å². The minimum absolute atomic E-state index is 0.237. The average molecular weight is 374 g/mol. The minimum Gasteiger partial charge on any atom is -0.327 e. The van der Waals surface area contributed by atoms with E-state index in [-0.39, 0.29) is 5.82 Å². The van der Waals surface area contributed by atoms with Crippen LogP contribution < -0.4 is 10.00 Å². The van der Waals surface area contributed by atoms with Gasteiger partial charge in [-0.1, -0.05) is 48.5 Å². The van der Waals surface area contributed by atoms with Crippen LogP contribution in [-0.4, -0.2) is 5.10 Å². The van der Waals surface area contributed by atoms with Crippen molar-refractivity contribution < 1.29 is 9.07 Å². The molecule has 0 saturated heterocycles. The number of anilines is 2. The fraction of sp³-hybridized carbons (Fsp3) is 0. The molecule has 0 aliphatic rings. The van der Waals surface area contributed by atoms with Crippen molar-refractivity contribution in [2.75, 3.05) is 5.32 Å². The van der Waals surface area contributed by atoms with Gasteiger partial charge in [-0.05, 0) is 51.9 Å². The van der Waals surface area contributed by atoms with Crippen molar-refractivity contribution in [2.45, 2.75) is 0 Å². The standard InChI is InChI=1S/C22H17FN3S/c23-18-14-11-17(12-15-18)13-16-21-26(20-9-5-2-6-10-20)25-22(27-21)24-19-7-3-1-4-8-19/h1-16H,(H,24,25)/q+1/b16-13+. The van der Waals surface area contributed by atoms with Gasteiger partial charge in [-0.25, -0.2) is 4.39 Å². The summed E-state index contributed by atoms with van der Waals surface area (Å²) in [4.78, 5) is 0. The lowest BCUT2D eigenvalue weighted by molar-refractivity contribution is -0.654. The van der Waals surface area contributed by atoms with E-state index in [0.29, 0.717) is 0 Å². The third-order valence-electron chi connectivity index (χ3n) is 3.92. The fourth-order valence-corrected chi connectivity index (χ4v) is 3.46. The molecule has 0 unspecified atom stereocenters. The van der Waals surface area contributed by atoms with Crippen LogP contribution in [0.2, 0.25) is 0 Å². The Bertz CT molecular complexity index is 1040. The monoisotopic (exact) mass is 374 g/mol. The van der Waals surface area contributed by atoms with Crippen LogP contribution >= 0.6 is 11.3 Å². The lowest BCUT2D eigenvalue weighted by Gasteiger charge is -1.97. The Hall–Kier alpha value is -3.31. The Morgan fingerprint density at radius 1 is 0.815 bits per heavy atom. The molecule has 3 aromatic carbocycles. The molecular weight excluding hydrogens is 357 g/mol. The largest absolute Gasteiger partial charge is 0.327 e. The summed E-state index contributed by atoms with van der Waals surface area (Å²) in [5.74, 6) is -0.237. The van der Waals surface area contributed by atoms with Gasteiger partial charge in [0.2, 0.25) is 5.69 Å². The highest BCUT2D eigenvalue weighted by Gasteiger charge is 2.20. The van der Waals surface area contributed by atoms with Gasteiger partial charge in [0.25, 0.3) is 10.1 Å². The molecule has 3 nitrogen and oxygen atoms in total. The van der Waals surface area contributed by atoms with Gasteiger partial charge in [-0.3, -0.25) is 0 Å². The Morgan fingerprint density at radius 3 is 2.19 bits per heavy atom. The molecule has 4 rings (SSSR count). The molecule has 1 heterocycles. The summed E-state index contributed by atoms with van der Waals surface area (Å²) in [5, 5.41) is 9.82. The molecule has 1 N–H and O–H groups in total. The molecule has 132 valence electrons. The van der Waals surface area contributed by atoms with Gasteiger partial charge in [-0.2, -0.15) is 0 Å². The summed E-state index contributed by atoms with van der Waals surface area (Å²) < 4.78 is 15.0. The fourth-order valence-electron chi connectivity index (χ4n) is 2.60. The Labute approximate surface area is 161 Å². The molecule has 0 amide bonds. The summed E-state index contributed by atoms with van der Waals surface area (Å²) >= 11 is 1.55. The number of hydrogen-bond acceptors (Lipinski definition) is 3. The highest BCUT2D eigenvalue weighted by Crippen LogP contribution is 2.22. The Kier molecular flexibility index (Phi) is 5.03. The van der Waals surface area contributed by atoms with E-state index in [4.69, 9.17) is 5.10 Å². The normalized spacial score (nSPS) is 11.0. The molecule has 0 saturated carbocycles. The molecule has 0 fully saturated rings. The lowest BCUT2D eigenvalue weighted by atomic mass is 10.2. The predicted molar refractivity (Wildman–Crippen MR) is 109 cm³/mol. The van der Waals surface area contributed by atoms with Crippen LogP contribution in [0.3, 0.4) is 0 Å². The van der Waals surface area contributed by atoms with Crippen molar-refractivity contribution in [1.29, 1.82) is 0 Å². The molecule has 0 atom stereocenters. The van der Waals surface area contributed by atoms with E-state index in [2.05, 4.69) is 5.32 Å². The van der Waals surface area contributed by atoms with Crippen molar-refractivity contribution in [1.82, 2.24) is 5.10 Å². The number of halogens is 1. The van der Waals surface area contributed by atoms with Crippen molar-refractivity contribution in [2.24, 2.45) is 0 Å². The predicted octanol–water partition coefficient (Wildman–Crippen LogP) is 5.47. The molecule has 27 heavy (non-hydrogen) atoms. The van der Waals surface area contributed by atoms with Gasteiger partial charge in [0.05, 0.1) is 0 Å². The summed E-state index contributed by atoms with van der Waals surface area (Å²) in [5.41, 5.74) is 2.90. The molecular formula is C22H17FN3S+. The second kappa shape index (κ2) is 7.93. The summed E-state index contributed by atoms with van der Waals surface area (Å²) in [7, 11) is 0. The Balaban J connectivity index is 1.68. The number of rotatable bonds is 5. The first-order valence-corrected chi connectivity index (χ1v) is 9.34. The molecule has 0 aliphatic heterocycles. The molecule has 0 radical (unpaired) electrons. The van der Waals surface area contributed by atoms with Gasteiger partial charge in [0.1, 0.15) is 5.82 Å². The zero-order valence-corrected chi connectivity index (χ0v) is 15.2. The molecule has 0 spiro atoms. The highest BCUT2D eigenvalue weighted by atomic mass is 32.1. The molecule has 0 aliphatic carbocycles. The van der Waals surface area contributed by atoms with Crippen LogP contribution in [0.15, 0.2) is 84.9 Å². The van der Waals surface area contributed by atoms with E-state index in [1.165, 1.54) is 12.1 Å². The Morgan fingerprint density at radius 2 is 1.48 bits per heavy atom. The van der Waals surface area contributed by atoms with E-state index in [1.54, 1.807) is 23.5 Å². The second-order valence-electron chi connectivity index (χ2n) is 5.87. The number of hydrogen-bond donors (Lipinski definition) is 1. The maximum atomic E-state index is 13.1. The molecule has 0 bridgehead atoms. The number of nitrogens with zero attached hydrogens (tertiary/aromatic N) is 2. The smallest absolute Gasteiger partial charge is 0.297 e. The van der Waals surface area contributed by atoms with Crippen molar-refractivity contribution in [3.63, 3.8) is 0 Å². The summed E-state index contributed by atoms with van der Waals surface area (Å²) in [6.07, 6.45) is 3.95. The first-order valence-electron chi connectivity index (χ1n) is 8.52. The number of benzene rings is 3. The van der Waals surface area contributed by atoms with Gasteiger partial charge in [-0.15, -0.1) is 0 Å². The van der Waals surface area contributed by atoms with Crippen molar-refractivity contribution >= 4 is 34.3 Å². The zero-order valence-electron chi connectivity index (χ0n) is 14.4. The number of nitrogens with one attached hydrogen (secondary N) is 1. The lowest BCUT2D eigenvalue weighted by Crippen LogP contribution is -2.35. The average Bonchev–Trinajstić information content (AvgIpc) is 3.12. The third kappa shape index (κ3) is 4.27. The van der Waals surface area contributed by atoms with E-state index >= 15 is 0 Å². The maximum absolute atomic E-state index is 13.1. The third-order valence-corrected chi connectivity index (χ3v) is 4.81. The molecule has 5 heteroatoms. The van der Waals surface area contributed by atoms with E-state index < -0.39 is 0 Å². The van der Waals surface area contributed by atoms with Crippen LogP contribution in [0, 0.1) is 5.82 Å². The first kappa shape index (κ1) is 17.1. The van der Waals surface area contributed by atoms with Crippen LogP contribution in [0.25, 0.3) is 17.8 Å². The highest BCUT2D eigenvalue weighted by molar-refractivity contribution is 7.15. The topological polar surface area (TPSA) is 28.8 Å². The zero-order chi connectivity index (χ0) is 18.5. The quantitative estimate of drug-likeness (QED) is 0.469. The number of aromatic nitrogens is 2. The summed E-state index contributed by atoms with van der Waals surface area (Å²) in [6.45, 7) is 0. The van der Waals surface area contributed by atoms with Crippen LogP contribution in [-0.2, 0) is 0 Å². The van der Waals surface area contributed by atoms with Crippen LogP contribution in [0.4, 0.5) is 15.2 Å². The number of para-hydroxylation sites is 2. The van der Waals surface area contributed by atoms with E-state index in [0.717, 1.165) is 27.1 Å². The van der Waals surface area contributed by atoms with Gasteiger partial charge in [0, 0.05) is 29.0 Å². The van der Waals surface area contributed by atoms with Gasteiger partial charge >= 0.3 is 0 Å². The second-order valence-corrected chi connectivity index (χ2v) is 6.88. The SMILES string of the molecule is Fc1ccc(/C=C/c2sc(Nc3ccccc3)n[n+]2-c2ccccc2)cc1. The van der Waals surface area contributed by atoms with E-state index in [1.807, 2.05) is 77.5 Å². The molecule has 1 aromatic heterocycles. The van der Waals surface area contributed by atoms with Crippen LogP contribution in [0.5, 0.6) is 0 Å².